The topological polar surface area (TPSA) is 43.4 Å². The number of hydrogen-bond acceptors (Lipinski definition) is 3. The smallest absolute Gasteiger partial charge is 0.179 e. The quantitative estimate of drug-likeness (QED) is 0.709. The van der Waals surface area contributed by atoms with Crippen molar-refractivity contribution in [1.29, 1.82) is 0 Å². The third-order valence-electron chi connectivity index (χ3n) is 5.86. The molecule has 2 heterocycles. The molecule has 3 atom stereocenters. The molecule has 2 fully saturated rings. The molecule has 0 N–H and O–H groups in total. The minimum Gasteiger partial charge on any atom is -0.353 e. The molecule has 2 aromatic carbocycles. The first-order valence-corrected chi connectivity index (χ1v) is 9.27. The van der Waals surface area contributed by atoms with Gasteiger partial charge < -0.3 is 4.74 Å². The van der Waals surface area contributed by atoms with E-state index in [2.05, 4.69) is 0 Å². The number of carbonyl (C=O) groups excluding carboxylic acids is 2. The number of halogens is 1. The molecular formula is C22H21ClO3. The van der Waals surface area contributed by atoms with Gasteiger partial charge in [-0.05, 0) is 74.1 Å². The fourth-order valence-corrected chi connectivity index (χ4v) is 4.33. The third kappa shape index (κ3) is 2.53. The van der Waals surface area contributed by atoms with Crippen LogP contribution < -0.4 is 0 Å². The van der Waals surface area contributed by atoms with Crippen molar-refractivity contribution in [3.8, 4) is 11.1 Å². The molecule has 0 saturated carbocycles. The number of fused-ring (bicyclic) bond motifs is 2. The molecule has 3 nitrogen and oxygen atoms in total. The molecule has 2 bridgehead atoms. The zero-order valence-electron chi connectivity index (χ0n) is 15.1. The zero-order valence-corrected chi connectivity index (χ0v) is 15.9. The predicted octanol–water partition coefficient (Wildman–Crippen LogP) is 4.88. The molecule has 4 rings (SSSR count). The van der Waals surface area contributed by atoms with Crippen molar-refractivity contribution in [2.24, 2.45) is 0 Å². The second kappa shape index (κ2) is 5.77. The minimum atomic E-state index is -0.865. The Labute approximate surface area is 158 Å². The largest absolute Gasteiger partial charge is 0.353 e. The Bertz CT molecular complexity index is 889. The van der Waals surface area contributed by atoms with E-state index in [-0.39, 0.29) is 11.6 Å². The molecule has 4 heteroatoms. The third-order valence-corrected chi connectivity index (χ3v) is 6.12. The van der Waals surface area contributed by atoms with E-state index in [0.29, 0.717) is 17.9 Å². The van der Waals surface area contributed by atoms with Gasteiger partial charge in [0.05, 0.1) is 0 Å². The molecule has 0 amide bonds. The summed E-state index contributed by atoms with van der Waals surface area (Å²) in [6, 6.07) is 13.5. The van der Waals surface area contributed by atoms with E-state index in [4.69, 9.17) is 16.3 Å². The Morgan fingerprint density at radius 3 is 2.04 bits per heavy atom. The fourth-order valence-electron chi connectivity index (χ4n) is 4.21. The van der Waals surface area contributed by atoms with Gasteiger partial charge in [-0.3, -0.25) is 9.59 Å². The van der Waals surface area contributed by atoms with Crippen LogP contribution in [0.1, 0.15) is 43.7 Å². The van der Waals surface area contributed by atoms with E-state index in [0.717, 1.165) is 22.3 Å². The van der Waals surface area contributed by atoms with Crippen LogP contribution in [0.2, 0.25) is 5.02 Å². The first kappa shape index (κ1) is 17.4. The van der Waals surface area contributed by atoms with Crippen LogP contribution in [0.25, 0.3) is 11.1 Å². The molecule has 0 aliphatic carbocycles. The molecule has 2 aromatic rings. The van der Waals surface area contributed by atoms with Gasteiger partial charge in [-0.15, -0.1) is 0 Å². The molecular weight excluding hydrogens is 348 g/mol. The lowest BCUT2D eigenvalue weighted by Gasteiger charge is -2.38. The number of ether oxygens (including phenoxy) is 1. The number of hydrogen-bond donors (Lipinski definition) is 0. The highest BCUT2D eigenvalue weighted by Gasteiger charge is 2.61. The normalized spacial score (nSPS) is 30.7. The van der Waals surface area contributed by atoms with Gasteiger partial charge in [0, 0.05) is 5.02 Å². The Kier molecular flexibility index (Phi) is 3.87. The summed E-state index contributed by atoms with van der Waals surface area (Å²) in [7, 11) is 0. The van der Waals surface area contributed by atoms with Crippen LogP contribution in [0.4, 0.5) is 0 Å². The molecule has 2 aliphatic heterocycles. The predicted molar refractivity (Wildman–Crippen MR) is 102 cm³/mol. The average Bonchev–Trinajstić information content (AvgIpc) is 2.91. The maximum Gasteiger partial charge on any atom is 0.179 e. The van der Waals surface area contributed by atoms with Crippen molar-refractivity contribution >= 4 is 23.2 Å². The highest BCUT2D eigenvalue weighted by Crippen LogP contribution is 2.49. The van der Waals surface area contributed by atoms with Gasteiger partial charge in [-0.2, -0.15) is 0 Å². The van der Waals surface area contributed by atoms with Crippen LogP contribution in [0.3, 0.4) is 0 Å². The standard InChI is InChI=1S/C22H21ClO3/c1-13-4-5-15(14-6-8-16(23)9-7-14)12-17(13)18-19(24)21(2)10-11-22(3,26-21)20(18)25/h4-9,12,18H,10-11H2,1-3H3/t18?,21-,22+. The lowest BCUT2D eigenvalue weighted by Crippen LogP contribution is -2.54. The molecule has 0 spiro atoms. The summed E-state index contributed by atoms with van der Waals surface area (Å²) < 4.78 is 5.90. The van der Waals surface area contributed by atoms with Gasteiger partial charge in [-0.25, -0.2) is 0 Å². The van der Waals surface area contributed by atoms with Crippen molar-refractivity contribution in [2.75, 3.05) is 0 Å². The van der Waals surface area contributed by atoms with Crippen LogP contribution >= 0.6 is 11.6 Å². The monoisotopic (exact) mass is 368 g/mol. The maximum atomic E-state index is 13.1. The summed E-state index contributed by atoms with van der Waals surface area (Å²) in [4.78, 5) is 26.3. The molecule has 2 aliphatic rings. The van der Waals surface area contributed by atoms with Crippen LogP contribution in [-0.2, 0) is 14.3 Å². The number of rotatable bonds is 2. The maximum absolute atomic E-state index is 13.1. The molecule has 0 aromatic heterocycles. The Morgan fingerprint density at radius 2 is 1.46 bits per heavy atom. The van der Waals surface area contributed by atoms with Crippen LogP contribution in [0.5, 0.6) is 0 Å². The van der Waals surface area contributed by atoms with Crippen molar-refractivity contribution in [3.05, 3.63) is 58.6 Å². The van der Waals surface area contributed by atoms with E-state index in [9.17, 15) is 9.59 Å². The number of carbonyl (C=O) groups is 2. The fraction of sp³-hybridized carbons (Fsp3) is 0.364. The van der Waals surface area contributed by atoms with E-state index in [1.807, 2.05) is 63.2 Å². The molecule has 0 radical (unpaired) electrons. The second-order valence-corrected chi connectivity index (χ2v) is 8.24. The van der Waals surface area contributed by atoms with Crippen molar-refractivity contribution < 1.29 is 14.3 Å². The van der Waals surface area contributed by atoms with E-state index >= 15 is 0 Å². The number of aryl methyl sites for hydroxylation is 1. The zero-order chi connectivity index (χ0) is 18.7. The van der Waals surface area contributed by atoms with Gasteiger partial charge in [-0.1, -0.05) is 35.9 Å². The van der Waals surface area contributed by atoms with Gasteiger partial charge in [0.15, 0.2) is 11.6 Å². The Balaban J connectivity index is 1.82. The molecule has 2 saturated heterocycles. The van der Waals surface area contributed by atoms with Crippen molar-refractivity contribution in [3.63, 3.8) is 0 Å². The van der Waals surface area contributed by atoms with Crippen LogP contribution in [-0.4, -0.2) is 22.8 Å². The van der Waals surface area contributed by atoms with Crippen LogP contribution in [0.15, 0.2) is 42.5 Å². The Morgan fingerprint density at radius 1 is 0.923 bits per heavy atom. The second-order valence-electron chi connectivity index (χ2n) is 7.80. The first-order chi connectivity index (χ1) is 12.2. The lowest BCUT2D eigenvalue weighted by atomic mass is 9.76. The van der Waals surface area contributed by atoms with Gasteiger partial charge in [0.1, 0.15) is 17.1 Å². The van der Waals surface area contributed by atoms with Gasteiger partial charge in [0.2, 0.25) is 0 Å². The van der Waals surface area contributed by atoms with E-state index < -0.39 is 17.1 Å². The van der Waals surface area contributed by atoms with Crippen LogP contribution in [0, 0.1) is 6.92 Å². The molecule has 1 unspecified atom stereocenters. The summed E-state index contributed by atoms with van der Waals surface area (Å²) in [5.74, 6) is -0.990. The average molecular weight is 369 g/mol. The molecule has 26 heavy (non-hydrogen) atoms. The Hall–Kier alpha value is -1.97. The molecule has 134 valence electrons. The summed E-state index contributed by atoms with van der Waals surface area (Å²) in [6.45, 7) is 5.58. The summed E-state index contributed by atoms with van der Waals surface area (Å²) in [5.41, 5.74) is 1.98. The van der Waals surface area contributed by atoms with Crippen molar-refractivity contribution in [1.82, 2.24) is 0 Å². The van der Waals surface area contributed by atoms with Crippen molar-refractivity contribution in [2.45, 2.75) is 50.7 Å². The number of benzene rings is 2. The number of Topliss-reactive ketones (excluding diaryl/α,β-unsaturated/α-hetero) is 2. The summed E-state index contributed by atoms with van der Waals surface area (Å²) in [6.07, 6.45) is 1.20. The first-order valence-electron chi connectivity index (χ1n) is 8.89. The summed E-state index contributed by atoms with van der Waals surface area (Å²) in [5, 5.41) is 0.674. The van der Waals surface area contributed by atoms with Gasteiger partial charge in [0.25, 0.3) is 0 Å². The van der Waals surface area contributed by atoms with E-state index in [1.165, 1.54) is 0 Å². The SMILES string of the molecule is Cc1ccc(-c2ccc(Cl)cc2)cc1C1C(=O)[C@@]2(C)CC[C@](C)(O2)C1=O. The number of ketones is 2. The highest BCUT2D eigenvalue weighted by molar-refractivity contribution is 6.30. The highest BCUT2D eigenvalue weighted by atomic mass is 35.5. The minimum absolute atomic E-state index is 0.117. The summed E-state index contributed by atoms with van der Waals surface area (Å²) >= 11 is 5.98. The van der Waals surface area contributed by atoms with Gasteiger partial charge >= 0.3 is 0 Å². The van der Waals surface area contributed by atoms with E-state index in [1.54, 1.807) is 0 Å². The lowest BCUT2D eigenvalue weighted by molar-refractivity contribution is -0.173.